The quantitative estimate of drug-likeness (QED) is 0.615. The van der Waals surface area contributed by atoms with E-state index in [9.17, 15) is 9.59 Å². The minimum absolute atomic E-state index is 0.0394. The molecule has 0 aromatic heterocycles. The highest BCUT2D eigenvalue weighted by atomic mass is 16.4. The molecule has 0 saturated carbocycles. The van der Waals surface area contributed by atoms with Gasteiger partial charge in [-0.25, -0.2) is 9.59 Å². The molecule has 1 unspecified atom stereocenters. The maximum absolute atomic E-state index is 11.6. The molecule has 1 atom stereocenters. The number of aliphatic hydroxyl groups excluding tert-OH is 1. The van der Waals surface area contributed by atoms with Crippen molar-refractivity contribution in [2.75, 3.05) is 30.9 Å². The second-order valence-corrected chi connectivity index (χ2v) is 4.44. The van der Waals surface area contributed by atoms with Crippen LogP contribution in [-0.2, 0) is 4.79 Å². The lowest BCUT2D eigenvalue weighted by Crippen LogP contribution is -2.43. The zero-order valence-electron chi connectivity index (χ0n) is 11.5. The van der Waals surface area contributed by atoms with Crippen LogP contribution in [0.4, 0.5) is 16.2 Å². The maximum Gasteiger partial charge on any atom is 0.326 e. The lowest BCUT2D eigenvalue weighted by Gasteiger charge is -2.15. The molecule has 0 bridgehead atoms. The van der Waals surface area contributed by atoms with Crippen LogP contribution in [0.2, 0.25) is 0 Å². The number of carbonyl (C=O) groups is 2. The summed E-state index contributed by atoms with van der Waals surface area (Å²) in [5, 5.41) is 22.4. The van der Waals surface area contributed by atoms with E-state index in [1.54, 1.807) is 12.1 Å². The van der Waals surface area contributed by atoms with Gasteiger partial charge >= 0.3 is 12.0 Å². The number of urea groups is 1. The number of carboxylic acids is 1. The molecule has 0 saturated heterocycles. The number of benzene rings is 1. The van der Waals surface area contributed by atoms with E-state index in [1.807, 2.05) is 31.1 Å². The minimum Gasteiger partial charge on any atom is -0.480 e. The fourth-order valence-corrected chi connectivity index (χ4v) is 1.55. The number of aliphatic hydroxyl groups is 1. The summed E-state index contributed by atoms with van der Waals surface area (Å²) in [6.07, 6.45) is -0.0394. The number of aliphatic carboxylic acids is 1. The van der Waals surface area contributed by atoms with Crippen LogP contribution in [0.25, 0.3) is 0 Å². The van der Waals surface area contributed by atoms with Crippen LogP contribution < -0.4 is 15.5 Å². The van der Waals surface area contributed by atoms with Crippen LogP contribution in [0.15, 0.2) is 24.3 Å². The number of carbonyl (C=O) groups excluding carboxylic acids is 1. The first-order chi connectivity index (χ1) is 9.43. The molecule has 0 aliphatic carbocycles. The molecule has 4 N–H and O–H groups in total. The Balaban J connectivity index is 2.59. The van der Waals surface area contributed by atoms with Gasteiger partial charge in [0.2, 0.25) is 0 Å². The summed E-state index contributed by atoms with van der Waals surface area (Å²) >= 11 is 0. The number of rotatable bonds is 6. The van der Waals surface area contributed by atoms with Crippen molar-refractivity contribution < 1.29 is 19.8 Å². The van der Waals surface area contributed by atoms with Gasteiger partial charge in [-0.15, -0.1) is 0 Å². The molecule has 0 spiro atoms. The smallest absolute Gasteiger partial charge is 0.326 e. The molecule has 7 heteroatoms. The highest BCUT2D eigenvalue weighted by Gasteiger charge is 2.19. The normalized spacial score (nSPS) is 11.6. The predicted octanol–water partition coefficient (Wildman–Crippen LogP) is 0.710. The minimum atomic E-state index is -1.18. The van der Waals surface area contributed by atoms with Gasteiger partial charge in [-0.2, -0.15) is 0 Å². The van der Waals surface area contributed by atoms with Gasteiger partial charge in [0.1, 0.15) is 6.04 Å². The number of amides is 2. The van der Waals surface area contributed by atoms with Crippen molar-refractivity contribution in [1.82, 2.24) is 5.32 Å². The monoisotopic (exact) mass is 281 g/mol. The van der Waals surface area contributed by atoms with Gasteiger partial charge < -0.3 is 25.7 Å². The van der Waals surface area contributed by atoms with Crippen molar-refractivity contribution in [3.8, 4) is 0 Å². The third-order valence-electron chi connectivity index (χ3n) is 2.66. The number of hydrogen-bond donors (Lipinski definition) is 4. The molecular weight excluding hydrogens is 262 g/mol. The number of nitrogens with one attached hydrogen (secondary N) is 2. The van der Waals surface area contributed by atoms with E-state index in [4.69, 9.17) is 10.2 Å². The summed E-state index contributed by atoms with van der Waals surface area (Å²) in [5.41, 5.74) is 1.54. The molecule has 0 fully saturated rings. The summed E-state index contributed by atoms with van der Waals surface area (Å²) < 4.78 is 0. The molecule has 1 aromatic rings. The first-order valence-electron chi connectivity index (χ1n) is 6.12. The largest absolute Gasteiger partial charge is 0.480 e. The van der Waals surface area contributed by atoms with Crippen molar-refractivity contribution in [2.24, 2.45) is 0 Å². The van der Waals surface area contributed by atoms with Gasteiger partial charge in [0, 0.05) is 38.5 Å². The van der Waals surface area contributed by atoms with Crippen LogP contribution in [0, 0.1) is 0 Å². The highest BCUT2D eigenvalue weighted by molar-refractivity contribution is 5.92. The molecular formula is C13H19N3O4. The van der Waals surface area contributed by atoms with E-state index < -0.39 is 18.0 Å². The van der Waals surface area contributed by atoms with Crippen LogP contribution in [0.3, 0.4) is 0 Å². The molecule has 2 amide bonds. The molecule has 7 nitrogen and oxygen atoms in total. The Morgan fingerprint density at radius 1 is 1.25 bits per heavy atom. The Morgan fingerprint density at radius 3 is 2.30 bits per heavy atom. The summed E-state index contributed by atoms with van der Waals surface area (Å²) in [6, 6.07) is 5.37. The second-order valence-electron chi connectivity index (χ2n) is 4.44. The van der Waals surface area contributed by atoms with Gasteiger partial charge in [0.15, 0.2) is 0 Å². The fraction of sp³-hybridized carbons (Fsp3) is 0.385. The Labute approximate surface area is 117 Å². The summed E-state index contributed by atoms with van der Waals surface area (Å²) in [6.45, 7) is -0.311. The standard InChI is InChI=1S/C13H19N3O4/c1-16(2)10-5-3-9(4-6-10)14-13(20)15-11(7-8-17)12(18)19/h3-6,11,17H,7-8H2,1-2H3,(H,18,19)(H2,14,15,20). The first kappa shape index (κ1) is 15.8. The van der Waals surface area contributed by atoms with Crippen LogP contribution in [-0.4, -0.2) is 49.0 Å². The van der Waals surface area contributed by atoms with Gasteiger partial charge in [-0.05, 0) is 24.3 Å². The van der Waals surface area contributed by atoms with Gasteiger partial charge in [0.05, 0.1) is 0 Å². The van der Waals surface area contributed by atoms with Gasteiger partial charge in [-0.3, -0.25) is 0 Å². The van der Waals surface area contributed by atoms with Crippen molar-refractivity contribution in [3.63, 3.8) is 0 Å². The molecule has 0 heterocycles. The molecule has 0 aliphatic rings. The zero-order valence-corrected chi connectivity index (χ0v) is 11.5. The summed E-state index contributed by atoms with van der Waals surface area (Å²) in [5.74, 6) is -1.18. The molecule has 110 valence electrons. The van der Waals surface area contributed by atoms with Crippen molar-refractivity contribution in [1.29, 1.82) is 0 Å². The first-order valence-corrected chi connectivity index (χ1v) is 6.12. The topological polar surface area (TPSA) is 102 Å². The summed E-state index contributed by atoms with van der Waals surface area (Å²) in [4.78, 5) is 24.4. The molecule has 0 radical (unpaired) electrons. The van der Waals surface area contributed by atoms with Gasteiger partial charge in [0.25, 0.3) is 0 Å². The van der Waals surface area contributed by atoms with E-state index in [2.05, 4.69) is 10.6 Å². The lowest BCUT2D eigenvalue weighted by atomic mass is 10.2. The van der Waals surface area contributed by atoms with Crippen molar-refractivity contribution in [3.05, 3.63) is 24.3 Å². The highest BCUT2D eigenvalue weighted by Crippen LogP contribution is 2.15. The van der Waals surface area contributed by atoms with Gasteiger partial charge in [-0.1, -0.05) is 0 Å². The van der Waals surface area contributed by atoms with Crippen LogP contribution >= 0.6 is 0 Å². The fourth-order valence-electron chi connectivity index (χ4n) is 1.55. The van der Waals surface area contributed by atoms with Crippen LogP contribution in [0.5, 0.6) is 0 Å². The number of anilines is 2. The van der Waals surface area contributed by atoms with E-state index in [-0.39, 0.29) is 13.0 Å². The molecule has 1 aromatic carbocycles. The Hall–Kier alpha value is -2.28. The third kappa shape index (κ3) is 4.77. The number of hydrogen-bond acceptors (Lipinski definition) is 4. The summed E-state index contributed by atoms with van der Waals surface area (Å²) in [7, 11) is 3.81. The molecule has 0 aliphatic heterocycles. The second kappa shape index (κ2) is 7.34. The Morgan fingerprint density at radius 2 is 1.85 bits per heavy atom. The zero-order chi connectivity index (χ0) is 15.1. The Bertz CT molecular complexity index is 459. The maximum atomic E-state index is 11.6. The average molecular weight is 281 g/mol. The van der Waals surface area contributed by atoms with Crippen molar-refractivity contribution >= 4 is 23.4 Å². The van der Waals surface area contributed by atoms with E-state index in [0.717, 1.165) is 5.69 Å². The number of carboxylic acid groups (broad SMARTS) is 1. The third-order valence-corrected chi connectivity index (χ3v) is 2.66. The van der Waals surface area contributed by atoms with E-state index in [0.29, 0.717) is 5.69 Å². The Kier molecular flexibility index (Phi) is 5.79. The van der Waals surface area contributed by atoms with E-state index >= 15 is 0 Å². The average Bonchev–Trinajstić information content (AvgIpc) is 2.38. The SMILES string of the molecule is CN(C)c1ccc(NC(=O)NC(CCO)C(=O)O)cc1. The predicted molar refractivity (Wildman–Crippen MR) is 76.1 cm³/mol. The molecule has 20 heavy (non-hydrogen) atoms. The molecule has 1 rings (SSSR count). The number of nitrogens with zero attached hydrogens (tertiary/aromatic N) is 1. The lowest BCUT2D eigenvalue weighted by molar-refractivity contribution is -0.139. The van der Waals surface area contributed by atoms with E-state index in [1.165, 1.54) is 0 Å². The van der Waals surface area contributed by atoms with Crippen LogP contribution in [0.1, 0.15) is 6.42 Å². The van der Waals surface area contributed by atoms with Crippen molar-refractivity contribution in [2.45, 2.75) is 12.5 Å².